The summed E-state index contributed by atoms with van der Waals surface area (Å²) in [5, 5.41) is 3.71. The van der Waals surface area contributed by atoms with E-state index in [0.29, 0.717) is 0 Å². The molecule has 1 unspecified atom stereocenters. The summed E-state index contributed by atoms with van der Waals surface area (Å²) in [6, 6.07) is 2.27. The molecule has 2 heteroatoms. The van der Waals surface area contributed by atoms with Gasteiger partial charge in [-0.25, -0.2) is 0 Å². The van der Waals surface area contributed by atoms with E-state index >= 15 is 0 Å². The number of pyridine rings is 1. The van der Waals surface area contributed by atoms with E-state index in [2.05, 4.69) is 44.1 Å². The molecule has 0 aliphatic carbocycles. The fourth-order valence-electron chi connectivity index (χ4n) is 2.85. The lowest BCUT2D eigenvalue weighted by atomic mass is 9.69. The van der Waals surface area contributed by atoms with Crippen LogP contribution in [0.4, 0.5) is 0 Å². The summed E-state index contributed by atoms with van der Waals surface area (Å²) in [6.45, 7) is 10.2. The van der Waals surface area contributed by atoms with Crippen LogP contribution in [-0.4, -0.2) is 11.5 Å². The zero-order chi connectivity index (χ0) is 11.8. The third kappa shape index (κ3) is 1.75. The summed E-state index contributed by atoms with van der Waals surface area (Å²) in [5.41, 5.74) is 2.91. The quantitative estimate of drug-likeness (QED) is 0.783. The number of aromatic nitrogens is 1. The monoisotopic (exact) mass is 218 g/mol. The third-order valence-corrected chi connectivity index (χ3v) is 3.80. The Labute approximate surface area is 98.5 Å². The minimum Gasteiger partial charge on any atom is -0.307 e. The van der Waals surface area contributed by atoms with Gasteiger partial charge in [0.15, 0.2) is 0 Å². The third-order valence-electron chi connectivity index (χ3n) is 3.80. The fourth-order valence-corrected chi connectivity index (χ4v) is 2.85. The van der Waals surface area contributed by atoms with Crippen molar-refractivity contribution in [2.45, 2.75) is 46.1 Å². The van der Waals surface area contributed by atoms with Crippen molar-refractivity contribution in [1.29, 1.82) is 0 Å². The molecule has 0 aromatic carbocycles. The van der Waals surface area contributed by atoms with Crippen LogP contribution in [0, 0.1) is 12.3 Å². The maximum atomic E-state index is 4.35. The van der Waals surface area contributed by atoms with E-state index in [-0.39, 0.29) is 11.0 Å². The number of nitrogens with one attached hydrogen (secondary N) is 1. The van der Waals surface area contributed by atoms with E-state index in [1.165, 1.54) is 24.0 Å². The van der Waals surface area contributed by atoms with Gasteiger partial charge in [-0.3, -0.25) is 4.98 Å². The molecule has 0 spiro atoms. The van der Waals surface area contributed by atoms with Crippen LogP contribution in [0.3, 0.4) is 0 Å². The molecular formula is C14H22N2. The second-order valence-corrected chi connectivity index (χ2v) is 5.94. The molecule has 2 heterocycles. The minimum absolute atomic E-state index is 0.103. The Hall–Kier alpha value is -0.890. The van der Waals surface area contributed by atoms with Gasteiger partial charge >= 0.3 is 0 Å². The highest BCUT2D eigenvalue weighted by atomic mass is 15.0. The predicted molar refractivity (Wildman–Crippen MR) is 67.3 cm³/mol. The van der Waals surface area contributed by atoms with Crippen molar-refractivity contribution in [3.05, 3.63) is 29.6 Å². The van der Waals surface area contributed by atoms with Crippen LogP contribution < -0.4 is 5.32 Å². The van der Waals surface area contributed by atoms with Crippen molar-refractivity contribution in [2.75, 3.05) is 6.54 Å². The molecule has 2 nitrogen and oxygen atoms in total. The SMILES string of the molecule is Cc1cncc(C2(C(C)(C)C)CCCN2)c1. The van der Waals surface area contributed by atoms with Gasteiger partial charge in [0.1, 0.15) is 0 Å². The Kier molecular flexibility index (Phi) is 2.79. The molecule has 16 heavy (non-hydrogen) atoms. The van der Waals surface area contributed by atoms with Crippen molar-refractivity contribution >= 4 is 0 Å². The maximum absolute atomic E-state index is 4.35. The second kappa shape index (κ2) is 3.85. The summed E-state index contributed by atoms with van der Waals surface area (Å²) in [7, 11) is 0. The van der Waals surface area contributed by atoms with E-state index in [0.717, 1.165) is 6.54 Å². The van der Waals surface area contributed by atoms with Gasteiger partial charge in [-0.05, 0) is 42.9 Å². The summed E-state index contributed by atoms with van der Waals surface area (Å²) in [4.78, 5) is 4.35. The maximum Gasteiger partial charge on any atom is 0.0499 e. The van der Waals surface area contributed by atoms with Crippen LogP contribution in [0.1, 0.15) is 44.7 Å². The smallest absolute Gasteiger partial charge is 0.0499 e. The molecule has 88 valence electrons. The topological polar surface area (TPSA) is 24.9 Å². The van der Waals surface area contributed by atoms with Gasteiger partial charge in [-0.2, -0.15) is 0 Å². The first-order chi connectivity index (χ1) is 7.46. The van der Waals surface area contributed by atoms with Gasteiger partial charge in [0.2, 0.25) is 0 Å². The molecule has 0 bridgehead atoms. The molecule has 0 radical (unpaired) electrons. The van der Waals surface area contributed by atoms with Crippen molar-refractivity contribution in [3.8, 4) is 0 Å². The number of hydrogen-bond donors (Lipinski definition) is 1. The van der Waals surface area contributed by atoms with E-state index in [1.807, 2.05) is 12.4 Å². The average molecular weight is 218 g/mol. The van der Waals surface area contributed by atoms with Gasteiger partial charge < -0.3 is 5.32 Å². The van der Waals surface area contributed by atoms with Gasteiger partial charge in [-0.15, -0.1) is 0 Å². The van der Waals surface area contributed by atoms with Crippen molar-refractivity contribution in [3.63, 3.8) is 0 Å². The Morgan fingerprint density at radius 2 is 2.06 bits per heavy atom. The Balaban J connectivity index is 2.48. The molecule has 1 fully saturated rings. The molecule has 1 saturated heterocycles. The molecular weight excluding hydrogens is 196 g/mol. The van der Waals surface area contributed by atoms with Crippen LogP contribution in [0.2, 0.25) is 0 Å². The zero-order valence-corrected chi connectivity index (χ0v) is 10.8. The first-order valence-corrected chi connectivity index (χ1v) is 6.13. The zero-order valence-electron chi connectivity index (χ0n) is 10.8. The number of aryl methyl sites for hydroxylation is 1. The van der Waals surface area contributed by atoms with Crippen LogP contribution in [-0.2, 0) is 5.54 Å². The van der Waals surface area contributed by atoms with Gasteiger partial charge in [0.05, 0.1) is 0 Å². The van der Waals surface area contributed by atoms with Crippen LogP contribution in [0.25, 0.3) is 0 Å². The molecule has 1 N–H and O–H groups in total. The van der Waals surface area contributed by atoms with Gasteiger partial charge in [0.25, 0.3) is 0 Å². The van der Waals surface area contributed by atoms with Gasteiger partial charge in [0, 0.05) is 17.9 Å². The predicted octanol–water partition coefficient (Wildman–Crippen LogP) is 3.01. The first kappa shape index (κ1) is 11.6. The molecule has 0 amide bonds. The van der Waals surface area contributed by atoms with E-state index in [4.69, 9.17) is 0 Å². The first-order valence-electron chi connectivity index (χ1n) is 6.13. The lowest BCUT2D eigenvalue weighted by Gasteiger charge is -2.42. The summed E-state index contributed by atoms with van der Waals surface area (Å²) < 4.78 is 0. The molecule has 2 rings (SSSR count). The minimum atomic E-state index is 0.103. The largest absolute Gasteiger partial charge is 0.307 e. The average Bonchev–Trinajstić information content (AvgIpc) is 2.66. The number of nitrogens with zero attached hydrogens (tertiary/aromatic N) is 1. The summed E-state index contributed by atoms with van der Waals surface area (Å²) in [6.07, 6.45) is 6.41. The highest BCUT2D eigenvalue weighted by Gasteiger charge is 2.45. The normalized spacial score (nSPS) is 26.0. The van der Waals surface area contributed by atoms with Crippen molar-refractivity contribution < 1.29 is 0 Å². The van der Waals surface area contributed by atoms with Crippen LogP contribution in [0.15, 0.2) is 18.5 Å². The molecule has 1 atom stereocenters. The van der Waals surface area contributed by atoms with E-state index < -0.39 is 0 Å². The lowest BCUT2D eigenvalue weighted by Crippen LogP contribution is -2.48. The standard InChI is InChI=1S/C14H22N2/c1-11-8-12(10-15-9-11)14(13(2,3)4)6-5-7-16-14/h8-10,16H,5-7H2,1-4H3. The highest BCUT2D eigenvalue weighted by molar-refractivity contribution is 5.28. The van der Waals surface area contributed by atoms with Crippen molar-refractivity contribution in [2.24, 2.45) is 5.41 Å². The Morgan fingerprint density at radius 3 is 2.56 bits per heavy atom. The summed E-state index contributed by atoms with van der Waals surface area (Å²) in [5.74, 6) is 0. The Bertz CT molecular complexity index is 371. The number of hydrogen-bond acceptors (Lipinski definition) is 2. The lowest BCUT2D eigenvalue weighted by molar-refractivity contribution is 0.160. The van der Waals surface area contributed by atoms with Crippen LogP contribution >= 0.6 is 0 Å². The Morgan fingerprint density at radius 1 is 1.31 bits per heavy atom. The number of rotatable bonds is 1. The van der Waals surface area contributed by atoms with E-state index in [1.54, 1.807) is 0 Å². The second-order valence-electron chi connectivity index (χ2n) is 5.94. The molecule has 1 aliphatic rings. The molecule has 1 aromatic heterocycles. The van der Waals surface area contributed by atoms with Crippen LogP contribution in [0.5, 0.6) is 0 Å². The molecule has 1 aliphatic heterocycles. The molecule has 0 saturated carbocycles. The summed E-state index contributed by atoms with van der Waals surface area (Å²) >= 11 is 0. The highest BCUT2D eigenvalue weighted by Crippen LogP contribution is 2.45. The molecule has 1 aromatic rings. The fraction of sp³-hybridized carbons (Fsp3) is 0.643. The van der Waals surface area contributed by atoms with Crippen molar-refractivity contribution in [1.82, 2.24) is 10.3 Å². The van der Waals surface area contributed by atoms with Gasteiger partial charge in [-0.1, -0.05) is 26.8 Å². The van der Waals surface area contributed by atoms with E-state index in [9.17, 15) is 0 Å².